The second-order valence-electron chi connectivity index (χ2n) is 9.14. The molecule has 2 aromatic rings. The maximum atomic E-state index is 12.8. The quantitative estimate of drug-likeness (QED) is 0.674. The molecule has 34 heavy (non-hydrogen) atoms. The van der Waals surface area contributed by atoms with Crippen LogP contribution < -0.4 is 10.1 Å². The first-order valence-corrected chi connectivity index (χ1v) is 11.5. The first kappa shape index (κ1) is 25.1. The van der Waals surface area contributed by atoms with Crippen LogP contribution in [-0.4, -0.2) is 66.1 Å². The Morgan fingerprint density at radius 3 is 2.12 bits per heavy atom. The molecule has 2 aromatic carbocycles. The third-order valence-electron chi connectivity index (χ3n) is 5.25. The van der Waals surface area contributed by atoms with Gasteiger partial charge in [-0.3, -0.25) is 9.59 Å². The van der Waals surface area contributed by atoms with Crippen LogP contribution in [0.15, 0.2) is 54.6 Å². The molecule has 3 rings (SSSR count). The number of nitrogens with one attached hydrogen (secondary N) is 1. The van der Waals surface area contributed by atoms with Crippen molar-refractivity contribution in [3.63, 3.8) is 0 Å². The van der Waals surface area contributed by atoms with Crippen LogP contribution in [0.1, 0.15) is 43.1 Å². The van der Waals surface area contributed by atoms with E-state index in [4.69, 9.17) is 9.47 Å². The Bertz CT molecular complexity index is 962. The topological polar surface area (TPSA) is 88.2 Å². The van der Waals surface area contributed by atoms with Crippen molar-refractivity contribution < 1.29 is 23.9 Å². The third kappa shape index (κ3) is 7.79. The molecule has 0 aromatic heterocycles. The van der Waals surface area contributed by atoms with Crippen LogP contribution in [0, 0.1) is 0 Å². The zero-order valence-corrected chi connectivity index (χ0v) is 20.1. The number of hydrogen-bond donors (Lipinski definition) is 1. The molecular weight excluding hydrogens is 434 g/mol. The van der Waals surface area contributed by atoms with E-state index < -0.39 is 5.60 Å². The standard InChI is InChI=1S/C26H33N3O5/c1-26(2,3)34-25(32)29-16-14-28(15-17-29)24(31)21-11-9-20(10-12-21)19-27-23(30)13-18-33-22-7-5-4-6-8-22/h4-12H,13-19H2,1-3H3,(H,27,30). The van der Waals surface area contributed by atoms with Crippen LogP contribution in [-0.2, 0) is 16.1 Å². The molecular formula is C26H33N3O5. The minimum Gasteiger partial charge on any atom is -0.493 e. The summed E-state index contributed by atoms with van der Waals surface area (Å²) in [5.41, 5.74) is 0.946. The van der Waals surface area contributed by atoms with Crippen molar-refractivity contribution >= 4 is 17.9 Å². The fourth-order valence-corrected chi connectivity index (χ4v) is 3.43. The molecule has 1 heterocycles. The molecule has 1 fully saturated rings. The predicted octanol–water partition coefficient (Wildman–Crippen LogP) is 3.46. The fourth-order valence-electron chi connectivity index (χ4n) is 3.43. The van der Waals surface area contributed by atoms with E-state index in [1.807, 2.05) is 63.2 Å². The zero-order valence-electron chi connectivity index (χ0n) is 20.1. The lowest BCUT2D eigenvalue weighted by Gasteiger charge is -2.35. The highest BCUT2D eigenvalue weighted by Crippen LogP contribution is 2.14. The van der Waals surface area contributed by atoms with E-state index in [2.05, 4.69) is 5.32 Å². The van der Waals surface area contributed by atoms with Crippen molar-refractivity contribution in [1.82, 2.24) is 15.1 Å². The van der Waals surface area contributed by atoms with Crippen molar-refractivity contribution in [2.75, 3.05) is 32.8 Å². The molecule has 1 saturated heterocycles. The highest BCUT2D eigenvalue weighted by molar-refractivity contribution is 5.94. The molecule has 0 atom stereocenters. The van der Waals surface area contributed by atoms with Crippen LogP contribution >= 0.6 is 0 Å². The van der Waals surface area contributed by atoms with Gasteiger partial charge in [0.1, 0.15) is 11.4 Å². The van der Waals surface area contributed by atoms with Gasteiger partial charge in [-0.05, 0) is 50.6 Å². The van der Waals surface area contributed by atoms with Gasteiger partial charge in [0.15, 0.2) is 0 Å². The molecule has 1 N–H and O–H groups in total. The summed E-state index contributed by atoms with van der Waals surface area (Å²) < 4.78 is 10.9. The first-order chi connectivity index (χ1) is 16.2. The Labute approximate surface area is 200 Å². The number of amides is 3. The fraction of sp³-hybridized carbons (Fsp3) is 0.423. The number of para-hydroxylation sites is 1. The highest BCUT2D eigenvalue weighted by Gasteiger charge is 2.28. The first-order valence-electron chi connectivity index (χ1n) is 11.5. The summed E-state index contributed by atoms with van der Waals surface area (Å²) in [6.45, 7) is 8.00. The summed E-state index contributed by atoms with van der Waals surface area (Å²) in [7, 11) is 0. The number of carbonyl (C=O) groups excluding carboxylic acids is 3. The Balaban J connectivity index is 1.39. The second kappa shape index (κ2) is 11.5. The van der Waals surface area contributed by atoms with Gasteiger partial charge in [0.25, 0.3) is 5.91 Å². The average Bonchev–Trinajstić information content (AvgIpc) is 2.82. The molecule has 1 aliphatic rings. The Kier molecular flexibility index (Phi) is 8.51. The van der Waals surface area contributed by atoms with Gasteiger partial charge in [0.2, 0.25) is 5.91 Å². The third-order valence-corrected chi connectivity index (χ3v) is 5.25. The number of rotatable bonds is 7. The monoisotopic (exact) mass is 467 g/mol. The normalized spacial score (nSPS) is 13.9. The molecule has 3 amide bonds. The molecule has 0 unspecified atom stereocenters. The molecule has 0 radical (unpaired) electrons. The summed E-state index contributed by atoms with van der Waals surface area (Å²) in [6.07, 6.45) is -0.0848. The summed E-state index contributed by atoms with van der Waals surface area (Å²) in [6, 6.07) is 16.6. The highest BCUT2D eigenvalue weighted by atomic mass is 16.6. The molecule has 8 nitrogen and oxygen atoms in total. The van der Waals surface area contributed by atoms with E-state index in [1.54, 1.807) is 21.9 Å². The van der Waals surface area contributed by atoms with Gasteiger partial charge < -0.3 is 24.6 Å². The predicted molar refractivity (Wildman–Crippen MR) is 129 cm³/mol. The summed E-state index contributed by atoms with van der Waals surface area (Å²) in [5.74, 6) is 0.568. The van der Waals surface area contributed by atoms with Gasteiger partial charge >= 0.3 is 6.09 Å². The van der Waals surface area contributed by atoms with Crippen LogP contribution in [0.2, 0.25) is 0 Å². The minimum absolute atomic E-state index is 0.0718. The van der Waals surface area contributed by atoms with Gasteiger partial charge in [-0.25, -0.2) is 4.79 Å². The van der Waals surface area contributed by atoms with Gasteiger partial charge in [-0.15, -0.1) is 0 Å². The number of ether oxygens (including phenoxy) is 2. The zero-order chi connectivity index (χ0) is 24.6. The lowest BCUT2D eigenvalue weighted by atomic mass is 10.1. The lowest BCUT2D eigenvalue weighted by molar-refractivity contribution is -0.121. The van der Waals surface area contributed by atoms with E-state index in [-0.39, 0.29) is 24.3 Å². The Morgan fingerprint density at radius 2 is 1.50 bits per heavy atom. The van der Waals surface area contributed by atoms with E-state index >= 15 is 0 Å². The van der Waals surface area contributed by atoms with Crippen LogP contribution in [0.4, 0.5) is 4.79 Å². The lowest BCUT2D eigenvalue weighted by Crippen LogP contribution is -2.51. The molecule has 0 bridgehead atoms. The Morgan fingerprint density at radius 1 is 0.882 bits per heavy atom. The van der Waals surface area contributed by atoms with E-state index in [0.29, 0.717) is 44.9 Å². The second-order valence-corrected chi connectivity index (χ2v) is 9.14. The van der Waals surface area contributed by atoms with Crippen LogP contribution in [0.5, 0.6) is 5.75 Å². The molecule has 0 saturated carbocycles. The molecule has 0 aliphatic carbocycles. The number of piperazine rings is 1. The number of carbonyl (C=O) groups is 3. The van der Waals surface area contributed by atoms with Gasteiger partial charge in [0, 0.05) is 38.3 Å². The maximum Gasteiger partial charge on any atom is 0.410 e. The molecule has 182 valence electrons. The summed E-state index contributed by atoms with van der Waals surface area (Å²) in [4.78, 5) is 40.4. The van der Waals surface area contributed by atoms with Crippen molar-refractivity contribution in [2.45, 2.75) is 39.3 Å². The van der Waals surface area contributed by atoms with Crippen LogP contribution in [0.3, 0.4) is 0 Å². The number of benzene rings is 2. The van der Waals surface area contributed by atoms with Crippen molar-refractivity contribution in [3.05, 3.63) is 65.7 Å². The van der Waals surface area contributed by atoms with Crippen molar-refractivity contribution in [2.24, 2.45) is 0 Å². The number of nitrogens with zero attached hydrogens (tertiary/aromatic N) is 2. The van der Waals surface area contributed by atoms with Gasteiger partial charge in [-0.2, -0.15) is 0 Å². The van der Waals surface area contributed by atoms with Gasteiger partial charge in [0.05, 0.1) is 13.0 Å². The van der Waals surface area contributed by atoms with Crippen molar-refractivity contribution in [3.8, 4) is 5.75 Å². The van der Waals surface area contributed by atoms with E-state index in [1.165, 1.54) is 0 Å². The number of hydrogen-bond acceptors (Lipinski definition) is 5. The molecule has 1 aliphatic heterocycles. The minimum atomic E-state index is -0.540. The smallest absolute Gasteiger partial charge is 0.410 e. The van der Waals surface area contributed by atoms with E-state index in [0.717, 1.165) is 11.3 Å². The largest absolute Gasteiger partial charge is 0.493 e. The molecule has 0 spiro atoms. The maximum absolute atomic E-state index is 12.8. The van der Waals surface area contributed by atoms with Crippen molar-refractivity contribution in [1.29, 1.82) is 0 Å². The SMILES string of the molecule is CC(C)(C)OC(=O)N1CCN(C(=O)c2ccc(CNC(=O)CCOc3ccccc3)cc2)CC1. The van der Waals surface area contributed by atoms with Gasteiger partial charge in [-0.1, -0.05) is 30.3 Å². The summed E-state index contributed by atoms with van der Waals surface area (Å²) in [5, 5.41) is 2.87. The average molecular weight is 468 g/mol. The Hall–Kier alpha value is -3.55. The molecule has 8 heteroatoms. The van der Waals surface area contributed by atoms with E-state index in [9.17, 15) is 14.4 Å². The summed E-state index contributed by atoms with van der Waals surface area (Å²) >= 11 is 0. The van der Waals surface area contributed by atoms with Crippen LogP contribution in [0.25, 0.3) is 0 Å².